The van der Waals surface area contributed by atoms with Crippen molar-refractivity contribution in [1.82, 2.24) is 4.98 Å². The monoisotopic (exact) mass is 378 g/mol. The van der Waals surface area contributed by atoms with E-state index in [0.29, 0.717) is 16.9 Å². The Morgan fingerprint density at radius 2 is 1.68 bits per heavy atom. The third-order valence-corrected chi connectivity index (χ3v) is 3.93. The molecule has 1 aromatic heterocycles. The van der Waals surface area contributed by atoms with Crippen LogP contribution in [-0.2, 0) is 9.47 Å². The Kier molecular flexibility index (Phi) is 5.31. The van der Waals surface area contributed by atoms with Crippen molar-refractivity contribution >= 4 is 28.7 Å². The van der Waals surface area contributed by atoms with Gasteiger partial charge in [0.2, 0.25) is 0 Å². The smallest absolute Gasteiger partial charge is 0.412 e. The minimum Gasteiger partial charge on any atom is -0.465 e. The van der Waals surface area contributed by atoms with Gasteiger partial charge in [0.25, 0.3) is 0 Å². The molecule has 28 heavy (non-hydrogen) atoms. The molecular formula is C22H22N2O4. The standard InChI is InChI=1S/C22H22N2O4/c1-22(2,3)28-21(26)23-16-11-9-14(10-12-16)19-17(20(25)27-4)13-15-7-5-6-8-18(15)24-19/h5-13H,1-4H3,(H,23,26). The minimum absolute atomic E-state index is 0.383. The first kappa shape index (κ1) is 19.4. The Morgan fingerprint density at radius 3 is 2.32 bits per heavy atom. The molecule has 0 radical (unpaired) electrons. The van der Waals surface area contributed by atoms with Gasteiger partial charge in [-0.2, -0.15) is 0 Å². The summed E-state index contributed by atoms with van der Waals surface area (Å²) < 4.78 is 10.2. The highest BCUT2D eigenvalue weighted by molar-refractivity contribution is 6.00. The number of rotatable bonds is 3. The van der Waals surface area contributed by atoms with Gasteiger partial charge in [-0.1, -0.05) is 30.3 Å². The molecule has 6 heteroatoms. The van der Waals surface area contributed by atoms with Gasteiger partial charge in [0.05, 0.1) is 23.9 Å². The van der Waals surface area contributed by atoms with Crippen LogP contribution >= 0.6 is 0 Å². The van der Waals surface area contributed by atoms with Crippen LogP contribution in [0.3, 0.4) is 0 Å². The normalized spacial score (nSPS) is 11.1. The number of fused-ring (bicyclic) bond motifs is 1. The van der Waals surface area contributed by atoms with Gasteiger partial charge in [-0.15, -0.1) is 0 Å². The molecule has 0 aliphatic rings. The van der Waals surface area contributed by atoms with E-state index >= 15 is 0 Å². The van der Waals surface area contributed by atoms with E-state index in [9.17, 15) is 9.59 Å². The molecule has 2 aromatic carbocycles. The molecule has 1 heterocycles. The highest BCUT2D eigenvalue weighted by Crippen LogP contribution is 2.27. The highest BCUT2D eigenvalue weighted by atomic mass is 16.6. The fourth-order valence-electron chi connectivity index (χ4n) is 2.73. The van der Waals surface area contributed by atoms with Crippen LogP contribution < -0.4 is 5.32 Å². The van der Waals surface area contributed by atoms with Gasteiger partial charge < -0.3 is 9.47 Å². The first-order valence-corrected chi connectivity index (χ1v) is 8.85. The number of esters is 1. The zero-order valence-corrected chi connectivity index (χ0v) is 16.3. The lowest BCUT2D eigenvalue weighted by molar-refractivity contribution is 0.0598. The highest BCUT2D eigenvalue weighted by Gasteiger charge is 2.18. The van der Waals surface area contributed by atoms with Crippen molar-refractivity contribution in [3.8, 4) is 11.3 Å². The summed E-state index contributed by atoms with van der Waals surface area (Å²) in [6.07, 6.45) is -0.528. The fraction of sp³-hybridized carbons (Fsp3) is 0.227. The van der Waals surface area contributed by atoms with E-state index in [1.165, 1.54) is 7.11 Å². The van der Waals surface area contributed by atoms with Gasteiger partial charge in [0.1, 0.15) is 5.60 Å². The molecule has 3 rings (SSSR count). The Morgan fingerprint density at radius 1 is 1.00 bits per heavy atom. The SMILES string of the molecule is COC(=O)c1cc2ccccc2nc1-c1ccc(NC(=O)OC(C)(C)C)cc1. The summed E-state index contributed by atoms with van der Waals surface area (Å²) in [5, 5.41) is 3.54. The first-order chi connectivity index (χ1) is 13.3. The third kappa shape index (κ3) is 4.46. The molecule has 6 nitrogen and oxygen atoms in total. The van der Waals surface area contributed by atoms with E-state index < -0.39 is 17.7 Å². The number of hydrogen-bond acceptors (Lipinski definition) is 5. The predicted octanol–water partition coefficient (Wildman–Crippen LogP) is 5.04. The summed E-state index contributed by atoms with van der Waals surface area (Å²) in [6, 6.07) is 16.4. The Balaban J connectivity index is 1.93. The van der Waals surface area contributed by atoms with E-state index in [-0.39, 0.29) is 0 Å². The average Bonchev–Trinajstić information content (AvgIpc) is 2.65. The lowest BCUT2D eigenvalue weighted by Gasteiger charge is -2.19. The van der Waals surface area contributed by atoms with Crippen LogP contribution in [0.5, 0.6) is 0 Å². The number of anilines is 1. The number of aromatic nitrogens is 1. The minimum atomic E-state index is -0.575. The van der Waals surface area contributed by atoms with Crippen molar-refractivity contribution < 1.29 is 19.1 Å². The van der Waals surface area contributed by atoms with E-state index in [1.54, 1.807) is 51.1 Å². The largest absolute Gasteiger partial charge is 0.465 e. The van der Waals surface area contributed by atoms with Crippen LogP contribution in [0.1, 0.15) is 31.1 Å². The predicted molar refractivity (Wildman–Crippen MR) is 108 cm³/mol. The van der Waals surface area contributed by atoms with Gasteiger partial charge >= 0.3 is 12.1 Å². The fourth-order valence-corrected chi connectivity index (χ4v) is 2.73. The molecule has 0 bridgehead atoms. The number of carbonyl (C=O) groups excluding carboxylic acids is 2. The van der Waals surface area contributed by atoms with Crippen molar-refractivity contribution in [2.24, 2.45) is 0 Å². The molecule has 1 N–H and O–H groups in total. The zero-order valence-electron chi connectivity index (χ0n) is 16.3. The number of hydrogen-bond donors (Lipinski definition) is 1. The molecule has 3 aromatic rings. The van der Waals surface area contributed by atoms with Crippen LogP contribution in [0, 0.1) is 0 Å². The molecule has 0 aliphatic carbocycles. The van der Waals surface area contributed by atoms with Crippen molar-refractivity contribution in [2.45, 2.75) is 26.4 Å². The van der Waals surface area contributed by atoms with Gasteiger partial charge in [-0.25, -0.2) is 14.6 Å². The molecule has 0 saturated heterocycles. The maximum atomic E-state index is 12.3. The second-order valence-corrected chi connectivity index (χ2v) is 7.27. The summed E-state index contributed by atoms with van der Waals surface area (Å²) >= 11 is 0. The maximum absolute atomic E-state index is 12.3. The van der Waals surface area contributed by atoms with Crippen LogP contribution in [0.15, 0.2) is 54.6 Å². The molecular weight excluding hydrogens is 356 g/mol. The first-order valence-electron chi connectivity index (χ1n) is 8.85. The Bertz CT molecular complexity index is 1020. The summed E-state index contributed by atoms with van der Waals surface area (Å²) in [4.78, 5) is 28.8. The Hall–Kier alpha value is -3.41. The second-order valence-electron chi connectivity index (χ2n) is 7.27. The summed E-state index contributed by atoms with van der Waals surface area (Å²) in [5.74, 6) is -0.454. The number of methoxy groups -OCH3 is 1. The van der Waals surface area contributed by atoms with Gasteiger partial charge in [0, 0.05) is 16.6 Å². The van der Waals surface area contributed by atoms with Crippen LogP contribution in [0.2, 0.25) is 0 Å². The van der Waals surface area contributed by atoms with E-state index in [2.05, 4.69) is 10.3 Å². The van der Waals surface area contributed by atoms with Gasteiger partial charge in [-0.3, -0.25) is 5.32 Å². The number of amides is 1. The maximum Gasteiger partial charge on any atom is 0.412 e. The van der Waals surface area contributed by atoms with Crippen LogP contribution in [0.25, 0.3) is 22.2 Å². The van der Waals surface area contributed by atoms with Crippen molar-refractivity contribution in [3.05, 3.63) is 60.2 Å². The third-order valence-electron chi connectivity index (χ3n) is 3.93. The summed E-state index contributed by atoms with van der Waals surface area (Å²) in [6.45, 7) is 5.40. The van der Waals surface area contributed by atoms with Crippen molar-refractivity contribution in [1.29, 1.82) is 0 Å². The molecule has 0 aliphatic heterocycles. The van der Waals surface area contributed by atoms with Gasteiger partial charge in [0.15, 0.2) is 0 Å². The topological polar surface area (TPSA) is 77.5 Å². The number of pyridine rings is 1. The lowest BCUT2D eigenvalue weighted by atomic mass is 10.0. The molecule has 0 unspecified atom stereocenters. The van der Waals surface area contributed by atoms with E-state index in [4.69, 9.17) is 9.47 Å². The molecule has 0 fully saturated rings. The zero-order chi connectivity index (χ0) is 20.3. The number of para-hydroxylation sites is 1. The van der Waals surface area contributed by atoms with E-state index in [1.807, 2.05) is 24.3 Å². The second kappa shape index (κ2) is 7.68. The van der Waals surface area contributed by atoms with Gasteiger partial charge in [-0.05, 0) is 45.0 Å². The number of nitrogens with one attached hydrogen (secondary N) is 1. The number of ether oxygens (including phenoxy) is 2. The number of carbonyl (C=O) groups is 2. The van der Waals surface area contributed by atoms with Crippen LogP contribution in [-0.4, -0.2) is 29.8 Å². The number of benzene rings is 2. The van der Waals surface area contributed by atoms with Crippen molar-refractivity contribution in [2.75, 3.05) is 12.4 Å². The molecule has 1 amide bonds. The quantitative estimate of drug-likeness (QED) is 0.646. The van der Waals surface area contributed by atoms with Crippen molar-refractivity contribution in [3.63, 3.8) is 0 Å². The molecule has 0 spiro atoms. The average molecular weight is 378 g/mol. The molecule has 0 atom stereocenters. The molecule has 144 valence electrons. The lowest BCUT2D eigenvalue weighted by Crippen LogP contribution is -2.27. The summed E-state index contributed by atoms with van der Waals surface area (Å²) in [5.41, 5.74) is 2.43. The molecule has 0 saturated carbocycles. The number of nitrogens with zero attached hydrogens (tertiary/aromatic N) is 1. The van der Waals surface area contributed by atoms with Crippen LogP contribution in [0.4, 0.5) is 10.5 Å². The Labute approximate surface area is 163 Å². The summed E-state index contributed by atoms with van der Waals surface area (Å²) in [7, 11) is 1.34. The van der Waals surface area contributed by atoms with E-state index in [0.717, 1.165) is 16.5 Å².